The Morgan fingerprint density at radius 3 is 2.62 bits per heavy atom. The molecule has 0 aromatic heterocycles. The second-order valence-corrected chi connectivity index (χ2v) is 4.61. The number of aliphatic hydroxyl groups excluding tert-OH is 1. The number of hydrogen-bond acceptors (Lipinski definition) is 3. The molecule has 1 saturated carbocycles. The SMILES string of the molecule is COC(C)C(=O)NCC1CCCCC1CO. The van der Waals surface area contributed by atoms with Crippen LogP contribution in [0.25, 0.3) is 0 Å². The fraction of sp³-hybridized carbons (Fsp3) is 0.917. The van der Waals surface area contributed by atoms with Gasteiger partial charge >= 0.3 is 0 Å². The van der Waals surface area contributed by atoms with Gasteiger partial charge < -0.3 is 15.2 Å². The standard InChI is InChI=1S/C12H23NO3/c1-9(16-2)12(15)13-7-10-5-3-4-6-11(10)8-14/h9-11,14H,3-8H2,1-2H3,(H,13,15). The molecule has 4 nitrogen and oxygen atoms in total. The zero-order valence-electron chi connectivity index (χ0n) is 10.2. The van der Waals surface area contributed by atoms with Gasteiger partial charge in [0, 0.05) is 20.3 Å². The fourth-order valence-corrected chi connectivity index (χ4v) is 2.28. The lowest BCUT2D eigenvalue weighted by Gasteiger charge is -2.30. The van der Waals surface area contributed by atoms with Gasteiger partial charge in [0.2, 0.25) is 5.91 Å². The molecule has 0 bridgehead atoms. The molecule has 3 unspecified atom stereocenters. The van der Waals surface area contributed by atoms with Crippen LogP contribution in [-0.4, -0.2) is 37.4 Å². The summed E-state index contributed by atoms with van der Waals surface area (Å²) in [4.78, 5) is 11.5. The van der Waals surface area contributed by atoms with E-state index >= 15 is 0 Å². The highest BCUT2D eigenvalue weighted by Gasteiger charge is 2.25. The summed E-state index contributed by atoms with van der Waals surface area (Å²) in [6.07, 6.45) is 4.20. The number of amides is 1. The minimum absolute atomic E-state index is 0.0650. The molecule has 0 heterocycles. The van der Waals surface area contributed by atoms with E-state index in [4.69, 9.17) is 4.74 Å². The molecule has 4 heteroatoms. The Bertz CT molecular complexity index is 220. The zero-order valence-corrected chi connectivity index (χ0v) is 10.2. The summed E-state index contributed by atoms with van der Waals surface area (Å²) < 4.78 is 4.94. The van der Waals surface area contributed by atoms with Crippen molar-refractivity contribution >= 4 is 5.91 Å². The van der Waals surface area contributed by atoms with Crippen molar-refractivity contribution in [2.45, 2.75) is 38.7 Å². The number of hydrogen-bond donors (Lipinski definition) is 2. The van der Waals surface area contributed by atoms with Crippen molar-refractivity contribution in [3.63, 3.8) is 0 Å². The first-order valence-electron chi connectivity index (χ1n) is 6.10. The van der Waals surface area contributed by atoms with Crippen LogP contribution in [0.15, 0.2) is 0 Å². The van der Waals surface area contributed by atoms with Gasteiger partial charge in [-0.3, -0.25) is 4.79 Å². The molecule has 0 aromatic carbocycles. The Morgan fingerprint density at radius 1 is 1.44 bits per heavy atom. The Labute approximate surface area is 97.4 Å². The summed E-state index contributed by atoms with van der Waals surface area (Å²) in [6.45, 7) is 2.64. The number of nitrogens with one attached hydrogen (secondary N) is 1. The van der Waals surface area contributed by atoms with Crippen LogP contribution in [0.1, 0.15) is 32.6 Å². The van der Waals surface area contributed by atoms with Crippen molar-refractivity contribution in [3.05, 3.63) is 0 Å². The largest absolute Gasteiger partial charge is 0.396 e. The van der Waals surface area contributed by atoms with Crippen LogP contribution in [0.4, 0.5) is 0 Å². The molecule has 0 saturated heterocycles. The van der Waals surface area contributed by atoms with E-state index in [0.29, 0.717) is 18.4 Å². The van der Waals surface area contributed by atoms with Crippen LogP contribution in [0, 0.1) is 11.8 Å². The predicted molar refractivity (Wildman–Crippen MR) is 62.0 cm³/mol. The van der Waals surface area contributed by atoms with Crippen LogP contribution in [0.5, 0.6) is 0 Å². The third kappa shape index (κ3) is 3.76. The molecule has 1 aliphatic carbocycles. The quantitative estimate of drug-likeness (QED) is 0.737. The number of rotatable bonds is 5. The third-order valence-corrected chi connectivity index (χ3v) is 3.56. The minimum atomic E-state index is -0.392. The molecule has 1 aliphatic rings. The Morgan fingerprint density at radius 2 is 2.06 bits per heavy atom. The highest BCUT2D eigenvalue weighted by atomic mass is 16.5. The highest BCUT2D eigenvalue weighted by Crippen LogP contribution is 2.28. The molecule has 16 heavy (non-hydrogen) atoms. The molecule has 94 valence electrons. The van der Waals surface area contributed by atoms with E-state index in [2.05, 4.69) is 5.32 Å². The maximum Gasteiger partial charge on any atom is 0.248 e. The lowest BCUT2D eigenvalue weighted by molar-refractivity contribution is -0.130. The molecule has 0 aromatic rings. The third-order valence-electron chi connectivity index (χ3n) is 3.56. The van der Waals surface area contributed by atoms with Crippen LogP contribution in [0.2, 0.25) is 0 Å². The number of methoxy groups -OCH3 is 1. The number of carbonyl (C=O) groups is 1. The van der Waals surface area contributed by atoms with Crippen LogP contribution >= 0.6 is 0 Å². The van der Waals surface area contributed by atoms with Crippen molar-refractivity contribution < 1.29 is 14.6 Å². The van der Waals surface area contributed by atoms with E-state index in [9.17, 15) is 9.90 Å². The summed E-state index contributed by atoms with van der Waals surface area (Å²) in [5.74, 6) is 0.712. The maximum atomic E-state index is 11.5. The smallest absolute Gasteiger partial charge is 0.248 e. The average Bonchev–Trinajstić information content (AvgIpc) is 2.35. The maximum absolute atomic E-state index is 11.5. The highest BCUT2D eigenvalue weighted by molar-refractivity contribution is 5.80. The molecule has 0 aliphatic heterocycles. The molecular formula is C12H23NO3. The van der Waals surface area contributed by atoms with Gasteiger partial charge in [-0.2, -0.15) is 0 Å². The molecule has 2 N–H and O–H groups in total. The Kier molecular flexibility index (Phi) is 5.77. The normalized spacial score (nSPS) is 27.4. The minimum Gasteiger partial charge on any atom is -0.396 e. The molecule has 0 spiro atoms. The first-order valence-corrected chi connectivity index (χ1v) is 6.10. The fourth-order valence-electron chi connectivity index (χ4n) is 2.28. The van der Waals surface area contributed by atoms with Gasteiger partial charge in [-0.15, -0.1) is 0 Å². The molecular weight excluding hydrogens is 206 g/mol. The summed E-state index contributed by atoms with van der Waals surface area (Å²) in [5.41, 5.74) is 0. The van der Waals surface area contributed by atoms with E-state index in [-0.39, 0.29) is 12.5 Å². The van der Waals surface area contributed by atoms with E-state index < -0.39 is 6.10 Å². The zero-order chi connectivity index (χ0) is 12.0. The second kappa shape index (κ2) is 6.86. The summed E-state index contributed by atoms with van der Waals surface area (Å²) in [6, 6.07) is 0. The van der Waals surface area contributed by atoms with Gasteiger partial charge in [0.1, 0.15) is 6.10 Å². The first kappa shape index (κ1) is 13.5. The lowest BCUT2D eigenvalue weighted by Crippen LogP contribution is -2.40. The molecule has 1 fully saturated rings. The molecule has 3 atom stereocenters. The van der Waals surface area contributed by atoms with E-state index in [1.54, 1.807) is 6.92 Å². The lowest BCUT2D eigenvalue weighted by atomic mass is 9.79. The monoisotopic (exact) mass is 229 g/mol. The number of carbonyl (C=O) groups excluding carboxylic acids is 1. The van der Waals surface area contributed by atoms with Crippen molar-refractivity contribution in [3.8, 4) is 0 Å². The van der Waals surface area contributed by atoms with E-state index in [1.807, 2.05) is 0 Å². The van der Waals surface area contributed by atoms with Gasteiger partial charge in [-0.05, 0) is 31.6 Å². The van der Waals surface area contributed by atoms with Crippen LogP contribution < -0.4 is 5.32 Å². The first-order chi connectivity index (χ1) is 7.69. The van der Waals surface area contributed by atoms with Gasteiger partial charge in [0.25, 0.3) is 0 Å². The van der Waals surface area contributed by atoms with E-state index in [0.717, 1.165) is 12.8 Å². The average molecular weight is 229 g/mol. The summed E-state index contributed by atoms with van der Waals surface area (Å²) >= 11 is 0. The van der Waals surface area contributed by atoms with Crippen molar-refractivity contribution in [1.82, 2.24) is 5.32 Å². The number of aliphatic hydroxyl groups is 1. The topological polar surface area (TPSA) is 58.6 Å². The number of ether oxygens (including phenoxy) is 1. The van der Waals surface area contributed by atoms with Crippen molar-refractivity contribution in [2.24, 2.45) is 11.8 Å². The second-order valence-electron chi connectivity index (χ2n) is 4.61. The van der Waals surface area contributed by atoms with E-state index in [1.165, 1.54) is 20.0 Å². The van der Waals surface area contributed by atoms with Crippen LogP contribution in [0.3, 0.4) is 0 Å². The molecule has 1 amide bonds. The molecule has 1 rings (SSSR count). The van der Waals surface area contributed by atoms with Gasteiger partial charge in [-0.25, -0.2) is 0 Å². The molecule has 0 radical (unpaired) electrons. The Balaban J connectivity index is 2.32. The summed E-state index contributed by atoms with van der Waals surface area (Å²) in [7, 11) is 1.53. The van der Waals surface area contributed by atoms with Gasteiger partial charge in [0.05, 0.1) is 0 Å². The van der Waals surface area contributed by atoms with Crippen LogP contribution in [-0.2, 0) is 9.53 Å². The predicted octanol–water partition coefficient (Wildman–Crippen LogP) is 0.936. The Hall–Kier alpha value is -0.610. The van der Waals surface area contributed by atoms with Gasteiger partial charge in [-0.1, -0.05) is 12.8 Å². The van der Waals surface area contributed by atoms with Crippen molar-refractivity contribution in [2.75, 3.05) is 20.3 Å². The van der Waals surface area contributed by atoms with Gasteiger partial charge in [0.15, 0.2) is 0 Å². The summed E-state index contributed by atoms with van der Waals surface area (Å²) in [5, 5.41) is 12.1. The van der Waals surface area contributed by atoms with Crippen molar-refractivity contribution in [1.29, 1.82) is 0 Å².